The summed E-state index contributed by atoms with van der Waals surface area (Å²) in [6, 6.07) is 11.8. The van der Waals surface area contributed by atoms with Crippen molar-refractivity contribution >= 4 is 17.0 Å². The number of hydrogen-bond acceptors (Lipinski definition) is 2. The van der Waals surface area contributed by atoms with Crippen LogP contribution in [0.5, 0.6) is 5.75 Å². The van der Waals surface area contributed by atoms with Crippen molar-refractivity contribution < 1.29 is 5.11 Å². The van der Waals surface area contributed by atoms with Gasteiger partial charge >= 0.3 is 0 Å². The van der Waals surface area contributed by atoms with Crippen LogP contribution in [-0.2, 0) is 0 Å². The molecule has 0 atom stereocenters. The van der Waals surface area contributed by atoms with Crippen LogP contribution >= 0.6 is 0 Å². The summed E-state index contributed by atoms with van der Waals surface area (Å²) in [6.07, 6.45) is 10.9. The van der Waals surface area contributed by atoms with E-state index in [1.807, 2.05) is 30.5 Å². The fourth-order valence-electron chi connectivity index (χ4n) is 2.74. The number of hydrogen-bond donors (Lipinski definition) is 1. The molecule has 22 heavy (non-hydrogen) atoms. The molecule has 0 saturated carbocycles. The third kappa shape index (κ3) is 4.87. The summed E-state index contributed by atoms with van der Waals surface area (Å²) in [6.45, 7) is 3.09. The largest absolute Gasteiger partial charge is 0.507 e. The molecule has 0 aliphatic rings. The molecule has 0 unspecified atom stereocenters. The predicted molar refractivity (Wildman–Crippen MR) is 96.1 cm³/mol. The number of phenolic OH excluding ortho intramolecular Hbond substituents is 1. The summed E-state index contributed by atoms with van der Waals surface area (Å²) < 4.78 is 0. The third-order valence-corrected chi connectivity index (χ3v) is 4.06. The number of aliphatic imine (C=N–C) groups is 1. The summed E-state index contributed by atoms with van der Waals surface area (Å²) in [7, 11) is 0. The summed E-state index contributed by atoms with van der Waals surface area (Å²) in [5, 5.41) is 12.2. The number of rotatable bonds is 9. The van der Waals surface area contributed by atoms with Gasteiger partial charge < -0.3 is 5.11 Å². The van der Waals surface area contributed by atoms with Gasteiger partial charge in [0.2, 0.25) is 0 Å². The monoisotopic (exact) mass is 297 g/mol. The van der Waals surface area contributed by atoms with E-state index in [1.165, 1.54) is 38.5 Å². The van der Waals surface area contributed by atoms with Crippen molar-refractivity contribution in [1.82, 2.24) is 0 Å². The lowest BCUT2D eigenvalue weighted by atomic mass is 10.0. The minimum Gasteiger partial charge on any atom is -0.507 e. The molecular formula is C20H27NO. The zero-order valence-electron chi connectivity index (χ0n) is 13.6. The second-order valence-corrected chi connectivity index (χ2v) is 5.88. The molecule has 1 N–H and O–H groups in total. The highest BCUT2D eigenvalue weighted by atomic mass is 16.3. The summed E-state index contributed by atoms with van der Waals surface area (Å²) in [5.41, 5.74) is 0.834. The Kier molecular flexibility index (Phi) is 6.95. The highest BCUT2D eigenvalue weighted by Crippen LogP contribution is 2.25. The number of benzene rings is 2. The van der Waals surface area contributed by atoms with Gasteiger partial charge in [-0.05, 0) is 23.3 Å². The van der Waals surface area contributed by atoms with Crippen molar-refractivity contribution in [2.45, 2.75) is 51.9 Å². The van der Waals surface area contributed by atoms with Gasteiger partial charge in [0.1, 0.15) is 5.75 Å². The molecule has 0 aromatic heterocycles. The minimum absolute atomic E-state index is 0.307. The first kappa shape index (κ1) is 16.5. The molecule has 118 valence electrons. The zero-order valence-corrected chi connectivity index (χ0v) is 13.6. The number of aromatic hydroxyl groups is 1. The highest BCUT2D eigenvalue weighted by Gasteiger charge is 2.03. The van der Waals surface area contributed by atoms with E-state index in [-0.39, 0.29) is 0 Å². The smallest absolute Gasteiger partial charge is 0.124 e. The zero-order chi connectivity index (χ0) is 15.6. The number of phenols is 1. The fourth-order valence-corrected chi connectivity index (χ4v) is 2.74. The van der Waals surface area contributed by atoms with Crippen LogP contribution in [0.4, 0.5) is 0 Å². The molecule has 2 nitrogen and oxygen atoms in total. The molecule has 2 rings (SSSR count). The van der Waals surface area contributed by atoms with Crippen LogP contribution in [0, 0.1) is 0 Å². The molecule has 2 aromatic carbocycles. The van der Waals surface area contributed by atoms with E-state index >= 15 is 0 Å². The van der Waals surface area contributed by atoms with Crippen molar-refractivity contribution in [1.29, 1.82) is 0 Å². The van der Waals surface area contributed by atoms with Gasteiger partial charge in [-0.2, -0.15) is 0 Å². The minimum atomic E-state index is 0.307. The molecule has 0 aliphatic carbocycles. The Balaban J connectivity index is 1.82. The quantitative estimate of drug-likeness (QED) is 0.466. The number of nitrogens with zero attached hydrogens (tertiary/aromatic N) is 1. The van der Waals surface area contributed by atoms with Gasteiger partial charge in [-0.1, -0.05) is 75.8 Å². The number of fused-ring (bicyclic) bond motifs is 1. The van der Waals surface area contributed by atoms with Crippen molar-refractivity contribution in [3.63, 3.8) is 0 Å². The van der Waals surface area contributed by atoms with Crippen LogP contribution in [0.2, 0.25) is 0 Å². The van der Waals surface area contributed by atoms with Gasteiger partial charge in [-0.15, -0.1) is 0 Å². The lowest BCUT2D eigenvalue weighted by molar-refractivity contribution is 0.475. The number of unbranched alkanes of at least 4 members (excludes halogenated alkanes) is 6. The SMILES string of the molecule is CCCCCCCCCN=Cc1c(O)ccc2ccccc12. The van der Waals surface area contributed by atoms with Crippen molar-refractivity contribution in [2.75, 3.05) is 6.54 Å². The molecule has 0 bridgehead atoms. The topological polar surface area (TPSA) is 32.6 Å². The normalized spacial score (nSPS) is 11.5. The van der Waals surface area contributed by atoms with Gasteiger partial charge in [0, 0.05) is 18.3 Å². The Bertz CT molecular complexity index is 604. The summed E-state index contributed by atoms with van der Waals surface area (Å²) in [4.78, 5) is 4.50. The summed E-state index contributed by atoms with van der Waals surface area (Å²) >= 11 is 0. The van der Waals surface area contributed by atoms with Gasteiger partial charge in [0.05, 0.1) is 0 Å². The van der Waals surface area contributed by atoms with Gasteiger partial charge in [0.15, 0.2) is 0 Å². The molecule has 0 saturated heterocycles. The van der Waals surface area contributed by atoms with Crippen LogP contribution in [0.1, 0.15) is 57.4 Å². The van der Waals surface area contributed by atoms with Crippen molar-refractivity contribution in [2.24, 2.45) is 4.99 Å². The average Bonchev–Trinajstić information content (AvgIpc) is 2.55. The standard InChI is InChI=1S/C20H27NO/c1-2-3-4-5-6-7-10-15-21-16-19-18-12-9-8-11-17(18)13-14-20(19)22/h8-9,11-14,16,22H,2-7,10,15H2,1H3. The predicted octanol–water partition coefficient (Wildman–Crippen LogP) is 5.71. The third-order valence-electron chi connectivity index (χ3n) is 4.06. The van der Waals surface area contributed by atoms with Crippen molar-refractivity contribution in [3.05, 3.63) is 42.0 Å². The highest BCUT2D eigenvalue weighted by molar-refractivity contribution is 6.02. The average molecular weight is 297 g/mol. The van der Waals surface area contributed by atoms with Gasteiger partial charge in [0.25, 0.3) is 0 Å². The van der Waals surface area contributed by atoms with Crippen LogP contribution in [0.15, 0.2) is 41.4 Å². The van der Waals surface area contributed by atoms with E-state index in [0.29, 0.717) is 5.75 Å². The lowest BCUT2D eigenvalue weighted by Crippen LogP contribution is -1.89. The first-order valence-electron chi connectivity index (χ1n) is 8.53. The molecule has 0 amide bonds. The molecule has 0 radical (unpaired) electrons. The Morgan fingerprint density at radius 3 is 2.45 bits per heavy atom. The van der Waals surface area contributed by atoms with Crippen LogP contribution < -0.4 is 0 Å². The molecule has 0 fully saturated rings. The van der Waals surface area contributed by atoms with Crippen LogP contribution in [0.25, 0.3) is 10.8 Å². The maximum Gasteiger partial charge on any atom is 0.124 e. The Morgan fingerprint density at radius 2 is 1.64 bits per heavy atom. The van der Waals surface area contributed by atoms with E-state index < -0.39 is 0 Å². The molecule has 0 heterocycles. The molecule has 2 heteroatoms. The second kappa shape index (κ2) is 9.24. The molecule has 0 aliphatic heterocycles. The van der Waals surface area contributed by atoms with Gasteiger partial charge in [-0.3, -0.25) is 4.99 Å². The van der Waals surface area contributed by atoms with E-state index in [0.717, 1.165) is 29.3 Å². The van der Waals surface area contributed by atoms with E-state index in [1.54, 1.807) is 6.07 Å². The fraction of sp³-hybridized carbons (Fsp3) is 0.450. The first-order valence-corrected chi connectivity index (χ1v) is 8.53. The van der Waals surface area contributed by atoms with E-state index in [9.17, 15) is 5.11 Å². The molecule has 0 spiro atoms. The van der Waals surface area contributed by atoms with Gasteiger partial charge in [-0.25, -0.2) is 0 Å². The van der Waals surface area contributed by atoms with Crippen LogP contribution in [-0.4, -0.2) is 17.9 Å². The Morgan fingerprint density at radius 1 is 0.909 bits per heavy atom. The Hall–Kier alpha value is -1.83. The maximum atomic E-state index is 10.0. The first-order chi connectivity index (χ1) is 10.8. The Labute approximate surface area is 133 Å². The van der Waals surface area contributed by atoms with E-state index in [2.05, 4.69) is 18.0 Å². The second-order valence-electron chi connectivity index (χ2n) is 5.88. The molecular weight excluding hydrogens is 270 g/mol. The summed E-state index contributed by atoms with van der Waals surface area (Å²) in [5.74, 6) is 0.307. The molecule has 2 aromatic rings. The maximum absolute atomic E-state index is 10.0. The lowest BCUT2D eigenvalue weighted by Gasteiger charge is -2.04. The van der Waals surface area contributed by atoms with Crippen molar-refractivity contribution in [3.8, 4) is 5.75 Å². The van der Waals surface area contributed by atoms with Crippen LogP contribution in [0.3, 0.4) is 0 Å². The van der Waals surface area contributed by atoms with E-state index in [4.69, 9.17) is 0 Å².